The van der Waals surface area contributed by atoms with Crippen LogP contribution in [0, 0.1) is 11.7 Å². The second kappa shape index (κ2) is 7.08. The van der Waals surface area contributed by atoms with Gasteiger partial charge < -0.3 is 4.74 Å². The number of rotatable bonds is 2. The fourth-order valence-corrected chi connectivity index (χ4v) is 4.67. The fraction of sp³-hybridized carbons (Fsp3) is 0.500. The van der Waals surface area contributed by atoms with E-state index in [1.807, 2.05) is 0 Å². The maximum absolute atomic E-state index is 14.3. The van der Waals surface area contributed by atoms with Crippen molar-refractivity contribution in [3.63, 3.8) is 0 Å². The van der Waals surface area contributed by atoms with Crippen LogP contribution < -0.4 is 0 Å². The summed E-state index contributed by atoms with van der Waals surface area (Å²) in [5.74, 6) is -0.159. The summed E-state index contributed by atoms with van der Waals surface area (Å²) in [7, 11) is 0. The van der Waals surface area contributed by atoms with Gasteiger partial charge in [-0.3, -0.25) is 4.99 Å². The minimum Gasteiger partial charge on any atom is -0.443 e. The summed E-state index contributed by atoms with van der Waals surface area (Å²) in [5.41, 5.74) is -0.296. The summed E-state index contributed by atoms with van der Waals surface area (Å²) in [6, 6.07) is 4.25. The van der Waals surface area contributed by atoms with Crippen LogP contribution in [-0.4, -0.2) is 26.4 Å². The van der Waals surface area contributed by atoms with Crippen molar-refractivity contribution >= 4 is 51.3 Å². The molecule has 1 amide bonds. The monoisotopic (exact) mass is 450 g/mol. The van der Waals surface area contributed by atoms with Gasteiger partial charge in [0.15, 0.2) is 17.5 Å². The maximum Gasteiger partial charge on any atom is 0.428 e. The van der Waals surface area contributed by atoms with Gasteiger partial charge in [-0.25, -0.2) is 9.18 Å². The van der Waals surface area contributed by atoms with Crippen molar-refractivity contribution in [2.24, 2.45) is 10.9 Å². The Morgan fingerprint density at radius 1 is 1.48 bits per heavy atom. The van der Waals surface area contributed by atoms with Crippen molar-refractivity contribution in [3.05, 3.63) is 34.1 Å². The van der Waals surface area contributed by atoms with Gasteiger partial charge in [0.1, 0.15) is 11.4 Å². The van der Waals surface area contributed by atoms with Crippen LogP contribution in [0.1, 0.15) is 38.8 Å². The molecule has 9 heteroatoms. The number of halogens is 3. The molecule has 25 heavy (non-hydrogen) atoms. The fourth-order valence-electron chi connectivity index (χ4n) is 2.62. The minimum atomic E-state index is -0.821. The maximum atomic E-state index is 14.3. The Hall–Kier alpha value is -0.800. The molecule has 0 spiro atoms. The van der Waals surface area contributed by atoms with Crippen molar-refractivity contribution in [2.75, 3.05) is 0 Å². The number of carbonyl (C=O) groups is 1. The molecule has 0 N–H and O–H groups in total. The number of hydrogen-bond acceptors (Lipinski definition) is 5. The number of amides is 1. The summed E-state index contributed by atoms with van der Waals surface area (Å²) in [4.78, 5) is 16.7. The number of ether oxygens (including phenoxy) is 1. The first-order valence-electron chi connectivity index (χ1n) is 7.71. The molecule has 0 bridgehead atoms. The average Bonchev–Trinajstić information content (AvgIpc) is 3.27. The first-order valence-corrected chi connectivity index (χ1v) is 10.1. The molecule has 4 nitrogen and oxygen atoms in total. The molecule has 0 saturated heterocycles. The lowest BCUT2D eigenvalue weighted by atomic mass is 10.0. The molecule has 0 aromatic heterocycles. The Morgan fingerprint density at radius 3 is 2.84 bits per heavy atom. The van der Waals surface area contributed by atoms with E-state index in [2.05, 4.69) is 20.9 Å². The van der Waals surface area contributed by atoms with Gasteiger partial charge in [0.2, 0.25) is 0 Å². The highest BCUT2D eigenvalue weighted by atomic mass is 79.9. The predicted molar refractivity (Wildman–Crippen MR) is 101 cm³/mol. The number of benzene rings is 1. The molecular formula is C16H17BrF2N2O2S2. The molecule has 2 aliphatic rings. The zero-order chi connectivity index (χ0) is 18.4. The van der Waals surface area contributed by atoms with E-state index in [4.69, 9.17) is 4.74 Å². The van der Waals surface area contributed by atoms with Gasteiger partial charge in [0.05, 0.1) is 6.04 Å². The van der Waals surface area contributed by atoms with E-state index in [1.165, 1.54) is 17.8 Å². The zero-order valence-electron chi connectivity index (χ0n) is 13.8. The van der Waals surface area contributed by atoms with E-state index in [9.17, 15) is 13.1 Å². The number of thioether (sulfide) groups is 1. The van der Waals surface area contributed by atoms with E-state index in [0.29, 0.717) is 5.56 Å². The number of hydrogen-bond donors (Lipinski definition) is 0. The summed E-state index contributed by atoms with van der Waals surface area (Å²) in [6.45, 7) is 5.12. The van der Waals surface area contributed by atoms with Crippen LogP contribution in [0.25, 0.3) is 0 Å². The lowest BCUT2D eigenvalue weighted by molar-refractivity contribution is 0.0473. The number of aliphatic imine (C=N–C) groups is 1. The van der Waals surface area contributed by atoms with Crippen LogP contribution >= 0.6 is 40.0 Å². The van der Waals surface area contributed by atoms with Crippen LogP contribution in [0.5, 0.6) is 0 Å². The molecule has 1 heterocycles. The lowest BCUT2D eigenvalue weighted by Gasteiger charge is -2.27. The van der Waals surface area contributed by atoms with Crippen LogP contribution in [-0.2, 0) is 4.74 Å². The van der Waals surface area contributed by atoms with E-state index in [-0.39, 0.29) is 34.5 Å². The van der Waals surface area contributed by atoms with Gasteiger partial charge in [-0.05, 0) is 51.3 Å². The van der Waals surface area contributed by atoms with E-state index in [1.54, 1.807) is 32.9 Å². The minimum absolute atomic E-state index is 0.197. The average molecular weight is 451 g/mol. The smallest absolute Gasteiger partial charge is 0.428 e. The van der Waals surface area contributed by atoms with E-state index >= 15 is 0 Å². The molecule has 1 saturated carbocycles. The molecule has 0 radical (unpaired) electrons. The van der Waals surface area contributed by atoms with Crippen LogP contribution in [0.3, 0.4) is 0 Å². The number of fused-ring (bicyclic) bond motifs is 1. The Labute approximate surface area is 162 Å². The molecule has 136 valence electrons. The molecule has 1 aromatic rings. The van der Waals surface area contributed by atoms with Crippen molar-refractivity contribution in [1.82, 2.24) is 4.31 Å². The largest absolute Gasteiger partial charge is 0.443 e. The summed E-state index contributed by atoms with van der Waals surface area (Å²) >= 11 is 4.43. The third-order valence-corrected chi connectivity index (χ3v) is 6.18. The summed E-state index contributed by atoms with van der Waals surface area (Å²) < 4.78 is 34.5. The molecule has 3 unspecified atom stereocenters. The van der Waals surface area contributed by atoms with Gasteiger partial charge >= 0.3 is 6.09 Å². The van der Waals surface area contributed by atoms with Gasteiger partial charge in [-0.2, -0.15) is 4.31 Å². The number of carbonyl (C=O) groups excluding carboxylic acids is 1. The van der Waals surface area contributed by atoms with Gasteiger partial charge in [0, 0.05) is 15.3 Å². The highest BCUT2D eigenvalue weighted by Gasteiger charge is 2.50. The molecule has 1 aliphatic heterocycles. The first kappa shape index (κ1) is 19.0. The Kier molecular flexibility index (Phi) is 5.37. The topological polar surface area (TPSA) is 41.9 Å². The van der Waals surface area contributed by atoms with Gasteiger partial charge in [-0.15, -0.1) is 3.89 Å². The van der Waals surface area contributed by atoms with Crippen LogP contribution in [0.15, 0.2) is 27.7 Å². The standard InChI is InChI=1S/C16H17BrF2N2O2S2/c1-16(2,3)23-15(22)21(25-19)14-20-13(10-7-12(10)24-14)9-6-8(17)4-5-11(9)18/h4-6,10,12-13H,7H2,1-3H3. The Bertz CT molecular complexity index is 727. The van der Waals surface area contributed by atoms with Crippen molar-refractivity contribution in [1.29, 1.82) is 0 Å². The number of amidine groups is 1. The second-order valence-corrected chi connectivity index (χ2v) is 9.55. The highest BCUT2D eigenvalue weighted by molar-refractivity contribution is 9.10. The van der Waals surface area contributed by atoms with Gasteiger partial charge in [0.25, 0.3) is 0 Å². The first-order chi connectivity index (χ1) is 11.7. The highest BCUT2D eigenvalue weighted by Crippen LogP contribution is 2.56. The molecule has 1 fully saturated rings. The van der Waals surface area contributed by atoms with Crippen LogP contribution in [0.4, 0.5) is 13.1 Å². The predicted octanol–water partition coefficient (Wildman–Crippen LogP) is 5.89. The van der Waals surface area contributed by atoms with Crippen molar-refractivity contribution in [2.45, 2.75) is 44.1 Å². The molecule has 1 aromatic carbocycles. The molecule has 3 rings (SSSR count). The quantitative estimate of drug-likeness (QED) is 0.526. The van der Waals surface area contributed by atoms with Gasteiger partial charge in [-0.1, -0.05) is 27.7 Å². The number of nitrogens with zero attached hydrogens (tertiary/aromatic N) is 2. The molecule has 1 aliphatic carbocycles. The third kappa shape index (κ3) is 4.31. The van der Waals surface area contributed by atoms with Crippen molar-refractivity contribution in [3.8, 4) is 0 Å². The SMILES string of the molecule is CC(C)(C)OC(=O)N(SF)C1=NC(c2cc(Br)ccc2F)C2CC2S1. The lowest BCUT2D eigenvalue weighted by Crippen LogP contribution is -2.36. The van der Waals surface area contributed by atoms with E-state index in [0.717, 1.165) is 15.2 Å². The Balaban J connectivity index is 1.89. The van der Waals surface area contributed by atoms with Crippen molar-refractivity contribution < 1.29 is 17.8 Å². The summed E-state index contributed by atoms with van der Waals surface area (Å²) in [6.07, 6.45) is 0.0340. The van der Waals surface area contributed by atoms with E-state index < -0.39 is 17.7 Å². The Morgan fingerprint density at radius 2 is 2.20 bits per heavy atom. The second-order valence-electron chi connectivity index (χ2n) is 6.92. The van der Waals surface area contributed by atoms with Crippen LogP contribution in [0.2, 0.25) is 0 Å². The third-order valence-electron chi connectivity index (χ3n) is 3.77. The molecular weight excluding hydrogens is 434 g/mol. The normalized spacial score (nSPS) is 25.0. The summed E-state index contributed by atoms with van der Waals surface area (Å²) in [5, 5.41) is 0.415. The molecule has 3 atom stereocenters. The zero-order valence-corrected chi connectivity index (χ0v) is 17.1.